The first-order valence-corrected chi connectivity index (χ1v) is 12.7. The average molecular weight is 521 g/mol. The van der Waals surface area contributed by atoms with Crippen LogP contribution in [0.15, 0.2) is 72.8 Å². The van der Waals surface area contributed by atoms with E-state index in [2.05, 4.69) is 4.90 Å². The molecule has 0 radical (unpaired) electrons. The van der Waals surface area contributed by atoms with Crippen molar-refractivity contribution in [2.45, 2.75) is 33.0 Å². The fourth-order valence-electron chi connectivity index (χ4n) is 4.80. The Morgan fingerprint density at radius 1 is 1.05 bits per heavy atom. The van der Waals surface area contributed by atoms with E-state index in [1.165, 1.54) is 12.1 Å². The largest absolute Gasteiger partial charge is 0.333 e. The number of aromatic nitrogens is 2. The predicted octanol–water partition coefficient (Wildman–Crippen LogP) is 6.02. The van der Waals surface area contributed by atoms with Gasteiger partial charge >= 0.3 is 0 Å². The van der Waals surface area contributed by atoms with E-state index in [1.807, 2.05) is 41.9 Å². The monoisotopic (exact) mass is 520 g/mol. The first-order valence-electron chi connectivity index (χ1n) is 12.3. The number of hydrogen-bond acceptors (Lipinski definition) is 3. The molecule has 8 heteroatoms. The van der Waals surface area contributed by atoms with Gasteiger partial charge in [-0.2, -0.15) is 5.10 Å². The Hall–Kier alpha value is -3.55. The number of carbonyl (C=O) groups excluding carboxylic acids is 1. The molecule has 1 aliphatic rings. The summed E-state index contributed by atoms with van der Waals surface area (Å²) in [4.78, 5) is 17.2. The first kappa shape index (κ1) is 25.1. The minimum atomic E-state index is -0.455. The Morgan fingerprint density at radius 3 is 2.57 bits per heavy atom. The van der Waals surface area contributed by atoms with Gasteiger partial charge in [0.25, 0.3) is 5.91 Å². The molecule has 190 valence electrons. The van der Waals surface area contributed by atoms with E-state index < -0.39 is 11.6 Å². The molecule has 2 heterocycles. The van der Waals surface area contributed by atoms with Gasteiger partial charge in [0.15, 0.2) is 0 Å². The molecule has 0 unspecified atom stereocenters. The fraction of sp³-hybridized carbons (Fsp3) is 0.241. The molecule has 5 rings (SSSR count). The van der Waals surface area contributed by atoms with E-state index in [0.717, 1.165) is 28.7 Å². The number of hydrogen-bond donors (Lipinski definition) is 0. The van der Waals surface area contributed by atoms with E-state index >= 15 is 0 Å². The van der Waals surface area contributed by atoms with Gasteiger partial charge in [0.05, 0.1) is 34.2 Å². The Morgan fingerprint density at radius 2 is 1.81 bits per heavy atom. The van der Waals surface area contributed by atoms with Crippen LogP contribution in [0.1, 0.15) is 39.8 Å². The van der Waals surface area contributed by atoms with Crippen molar-refractivity contribution in [1.82, 2.24) is 19.6 Å². The van der Waals surface area contributed by atoms with Gasteiger partial charge in [0.1, 0.15) is 11.6 Å². The van der Waals surface area contributed by atoms with Crippen molar-refractivity contribution in [3.05, 3.63) is 118 Å². The lowest BCUT2D eigenvalue weighted by atomic mass is 10.0. The van der Waals surface area contributed by atoms with Gasteiger partial charge in [-0.3, -0.25) is 9.69 Å². The van der Waals surface area contributed by atoms with Crippen molar-refractivity contribution in [1.29, 1.82) is 0 Å². The van der Waals surface area contributed by atoms with Crippen molar-refractivity contribution in [3.8, 4) is 5.69 Å². The Bertz CT molecular complexity index is 1420. The Balaban J connectivity index is 1.48. The summed E-state index contributed by atoms with van der Waals surface area (Å²) < 4.78 is 30.1. The van der Waals surface area contributed by atoms with Crippen LogP contribution >= 0.6 is 11.6 Å². The lowest BCUT2D eigenvalue weighted by Gasteiger charge is -2.28. The van der Waals surface area contributed by atoms with Crippen molar-refractivity contribution in [2.24, 2.45) is 0 Å². The zero-order chi connectivity index (χ0) is 25.9. The molecule has 0 saturated heterocycles. The second kappa shape index (κ2) is 10.8. The molecule has 0 atom stereocenters. The summed E-state index contributed by atoms with van der Waals surface area (Å²) in [6.45, 7) is 4.20. The third kappa shape index (κ3) is 5.29. The van der Waals surface area contributed by atoms with Gasteiger partial charge in [-0.1, -0.05) is 41.9 Å². The van der Waals surface area contributed by atoms with E-state index in [-0.39, 0.29) is 12.5 Å². The van der Waals surface area contributed by atoms with Gasteiger partial charge in [-0.05, 0) is 49.4 Å². The highest BCUT2D eigenvalue weighted by atomic mass is 35.5. The highest BCUT2D eigenvalue weighted by molar-refractivity contribution is 6.33. The molecule has 3 aromatic carbocycles. The molecule has 37 heavy (non-hydrogen) atoms. The van der Waals surface area contributed by atoms with Crippen LogP contribution in [0, 0.1) is 11.6 Å². The summed E-state index contributed by atoms with van der Waals surface area (Å²) >= 11 is 6.31. The second-order valence-electron chi connectivity index (χ2n) is 9.11. The van der Waals surface area contributed by atoms with Crippen LogP contribution in [0.3, 0.4) is 0 Å². The van der Waals surface area contributed by atoms with Crippen LogP contribution in [0.2, 0.25) is 5.02 Å². The minimum Gasteiger partial charge on any atom is -0.333 e. The smallest absolute Gasteiger partial charge is 0.255 e. The molecule has 0 saturated carbocycles. The van der Waals surface area contributed by atoms with Crippen molar-refractivity contribution in [3.63, 3.8) is 0 Å². The van der Waals surface area contributed by atoms with Gasteiger partial charge in [-0.25, -0.2) is 13.5 Å². The molecular formula is C29H27ClF2N4O. The SMILES string of the molecule is CCN(Cc1nn(-c2ccccc2)c2c1CN(Cc1cc(F)ccc1F)CC2)C(=O)c1ccccc1Cl. The van der Waals surface area contributed by atoms with Gasteiger partial charge in [-0.15, -0.1) is 0 Å². The third-order valence-corrected chi connectivity index (χ3v) is 7.07. The van der Waals surface area contributed by atoms with Gasteiger partial charge < -0.3 is 4.90 Å². The van der Waals surface area contributed by atoms with Crippen molar-refractivity contribution < 1.29 is 13.6 Å². The maximum atomic E-state index is 14.4. The fourth-order valence-corrected chi connectivity index (χ4v) is 5.02. The lowest BCUT2D eigenvalue weighted by Crippen LogP contribution is -2.33. The molecule has 0 aliphatic carbocycles. The van der Waals surface area contributed by atoms with E-state index in [1.54, 1.807) is 29.2 Å². The molecule has 0 spiro atoms. The van der Waals surface area contributed by atoms with Crippen molar-refractivity contribution >= 4 is 17.5 Å². The molecule has 0 N–H and O–H groups in total. The van der Waals surface area contributed by atoms with Crippen LogP contribution in [0.25, 0.3) is 5.69 Å². The zero-order valence-corrected chi connectivity index (χ0v) is 21.3. The van der Waals surface area contributed by atoms with Crippen LogP contribution in [-0.2, 0) is 26.1 Å². The number of carbonyl (C=O) groups is 1. The molecule has 1 aromatic heterocycles. The summed E-state index contributed by atoms with van der Waals surface area (Å²) in [7, 11) is 0. The predicted molar refractivity (Wildman–Crippen MR) is 140 cm³/mol. The number of fused-ring (bicyclic) bond motifs is 1. The van der Waals surface area contributed by atoms with Gasteiger partial charge in [0, 0.05) is 43.7 Å². The van der Waals surface area contributed by atoms with E-state index in [9.17, 15) is 13.6 Å². The highest BCUT2D eigenvalue weighted by Crippen LogP contribution is 2.28. The third-order valence-electron chi connectivity index (χ3n) is 6.74. The van der Waals surface area contributed by atoms with Crippen LogP contribution in [-0.4, -0.2) is 38.6 Å². The molecule has 0 bridgehead atoms. The number of halogens is 3. The maximum absolute atomic E-state index is 14.4. The molecular weight excluding hydrogens is 494 g/mol. The highest BCUT2D eigenvalue weighted by Gasteiger charge is 2.28. The van der Waals surface area contributed by atoms with Crippen LogP contribution in [0.5, 0.6) is 0 Å². The number of para-hydroxylation sites is 1. The van der Waals surface area contributed by atoms with E-state index in [4.69, 9.17) is 16.7 Å². The molecule has 5 nitrogen and oxygen atoms in total. The Kier molecular flexibility index (Phi) is 7.35. The number of rotatable bonds is 7. The molecule has 0 fully saturated rings. The van der Waals surface area contributed by atoms with Gasteiger partial charge in [0.2, 0.25) is 0 Å². The van der Waals surface area contributed by atoms with E-state index in [0.29, 0.717) is 48.7 Å². The summed E-state index contributed by atoms with van der Waals surface area (Å²) in [5.41, 5.74) is 4.58. The molecule has 1 amide bonds. The minimum absolute atomic E-state index is 0.161. The topological polar surface area (TPSA) is 41.4 Å². The normalized spacial score (nSPS) is 13.4. The number of benzene rings is 3. The standard InChI is InChI=1S/C29H27ClF2N4O/c1-2-35(29(37)23-10-6-7-11-25(23)30)19-27-24-18-34(17-20-16-21(31)12-13-26(20)32)15-14-28(24)36(33-27)22-8-4-3-5-9-22/h3-13,16H,2,14-15,17-19H2,1H3. The zero-order valence-electron chi connectivity index (χ0n) is 20.5. The van der Waals surface area contributed by atoms with Crippen molar-refractivity contribution in [2.75, 3.05) is 13.1 Å². The lowest BCUT2D eigenvalue weighted by molar-refractivity contribution is 0.0749. The van der Waals surface area contributed by atoms with Crippen LogP contribution < -0.4 is 0 Å². The maximum Gasteiger partial charge on any atom is 0.255 e. The summed E-state index contributed by atoms with van der Waals surface area (Å²) in [5.74, 6) is -1.04. The first-order chi connectivity index (χ1) is 17.9. The average Bonchev–Trinajstić information content (AvgIpc) is 3.27. The number of nitrogens with zero attached hydrogens (tertiary/aromatic N) is 4. The summed E-state index contributed by atoms with van der Waals surface area (Å²) in [6.07, 6.45) is 0.693. The Labute approximate surface area is 219 Å². The quantitative estimate of drug-likeness (QED) is 0.299. The van der Waals surface area contributed by atoms with Crippen LogP contribution in [0.4, 0.5) is 8.78 Å². The summed E-state index contributed by atoms with van der Waals surface area (Å²) in [5, 5.41) is 5.36. The second-order valence-corrected chi connectivity index (χ2v) is 9.52. The number of amides is 1. The molecule has 4 aromatic rings. The summed E-state index contributed by atoms with van der Waals surface area (Å²) in [6, 6.07) is 20.4. The molecule has 1 aliphatic heterocycles.